The molecule has 25 heavy (non-hydrogen) atoms. The number of hydrogen-bond acceptors (Lipinski definition) is 4. The van der Waals surface area contributed by atoms with Crippen molar-refractivity contribution in [3.05, 3.63) is 45.6 Å². The molecule has 1 unspecified atom stereocenters. The quantitative estimate of drug-likeness (QED) is 0.839. The van der Waals surface area contributed by atoms with Gasteiger partial charge in [-0.1, -0.05) is 12.1 Å². The number of fused-ring (bicyclic) bond motifs is 2. The highest BCUT2D eigenvalue weighted by molar-refractivity contribution is 7.14. The fourth-order valence-electron chi connectivity index (χ4n) is 3.78. The van der Waals surface area contributed by atoms with Crippen molar-refractivity contribution in [1.29, 1.82) is 0 Å². The van der Waals surface area contributed by atoms with Gasteiger partial charge in [0, 0.05) is 18.5 Å². The summed E-state index contributed by atoms with van der Waals surface area (Å²) in [5, 5.41) is 0. The molecule has 4 nitrogen and oxygen atoms in total. The number of amides is 1. The predicted molar refractivity (Wildman–Crippen MR) is 102 cm³/mol. The van der Waals surface area contributed by atoms with Crippen LogP contribution in [0.25, 0.3) is 0 Å². The minimum absolute atomic E-state index is 0.00407. The van der Waals surface area contributed by atoms with Gasteiger partial charge in [-0.3, -0.25) is 4.79 Å². The van der Waals surface area contributed by atoms with Crippen LogP contribution in [-0.4, -0.2) is 43.6 Å². The Morgan fingerprint density at radius 1 is 1.36 bits per heavy atom. The molecule has 5 heteroatoms. The smallest absolute Gasteiger partial charge is 0.263 e. The number of carbonyl (C=O) groups excluding carboxylic acids is 1. The summed E-state index contributed by atoms with van der Waals surface area (Å²) < 4.78 is 6.15. The molecular formula is C20H24N2O2S. The third-order valence-electron chi connectivity index (χ3n) is 5.09. The van der Waals surface area contributed by atoms with Crippen molar-refractivity contribution >= 4 is 22.9 Å². The maximum Gasteiger partial charge on any atom is 0.263 e. The van der Waals surface area contributed by atoms with Crippen LogP contribution in [0.4, 0.5) is 5.69 Å². The van der Waals surface area contributed by atoms with Crippen LogP contribution in [0, 0.1) is 0 Å². The maximum atomic E-state index is 12.8. The van der Waals surface area contributed by atoms with E-state index in [2.05, 4.69) is 24.0 Å². The number of ether oxygens (including phenoxy) is 1. The molecule has 1 aliphatic heterocycles. The molecule has 2 aromatic rings. The fourth-order valence-corrected chi connectivity index (χ4v) is 5.03. The lowest BCUT2D eigenvalue weighted by Gasteiger charge is -2.37. The molecule has 0 spiro atoms. The van der Waals surface area contributed by atoms with Gasteiger partial charge in [-0.25, -0.2) is 0 Å². The Hall–Kier alpha value is -2.01. The van der Waals surface area contributed by atoms with Crippen LogP contribution in [0.2, 0.25) is 0 Å². The monoisotopic (exact) mass is 356 g/mol. The number of rotatable bonds is 4. The molecule has 0 bridgehead atoms. The summed E-state index contributed by atoms with van der Waals surface area (Å²) in [5.41, 5.74) is 2.52. The number of aryl methyl sites for hydroxylation is 2. The Morgan fingerprint density at radius 3 is 3.00 bits per heavy atom. The van der Waals surface area contributed by atoms with Gasteiger partial charge < -0.3 is 14.5 Å². The second-order valence-corrected chi connectivity index (χ2v) is 7.98. The van der Waals surface area contributed by atoms with Crippen LogP contribution < -0.4 is 9.64 Å². The molecule has 4 rings (SSSR count). The lowest BCUT2D eigenvalue weighted by molar-refractivity contribution is 0.0714. The molecule has 0 saturated heterocycles. The van der Waals surface area contributed by atoms with Crippen molar-refractivity contribution in [3.63, 3.8) is 0 Å². The van der Waals surface area contributed by atoms with Gasteiger partial charge >= 0.3 is 0 Å². The Bertz CT molecular complexity index is 764. The van der Waals surface area contributed by atoms with E-state index in [4.69, 9.17) is 4.74 Å². The number of nitrogens with zero attached hydrogens (tertiary/aromatic N) is 2. The van der Waals surface area contributed by atoms with Crippen molar-refractivity contribution in [3.8, 4) is 5.75 Å². The molecule has 1 aliphatic carbocycles. The second kappa shape index (κ2) is 6.71. The molecule has 1 aromatic carbocycles. The lowest BCUT2D eigenvalue weighted by atomic mass is 10.1. The van der Waals surface area contributed by atoms with Crippen molar-refractivity contribution in [2.75, 3.05) is 31.6 Å². The van der Waals surface area contributed by atoms with Gasteiger partial charge in [-0.05, 0) is 49.9 Å². The Labute approximate surface area is 153 Å². The number of thiophene rings is 1. The third-order valence-corrected chi connectivity index (χ3v) is 6.31. The summed E-state index contributed by atoms with van der Waals surface area (Å²) in [5.74, 6) is 1.03. The summed E-state index contributed by atoms with van der Waals surface area (Å²) in [4.78, 5) is 19.2. The van der Waals surface area contributed by atoms with Gasteiger partial charge in [0.25, 0.3) is 5.91 Å². The van der Waals surface area contributed by atoms with Crippen molar-refractivity contribution in [2.45, 2.75) is 32.3 Å². The normalized spacial score (nSPS) is 18.5. The van der Waals surface area contributed by atoms with Gasteiger partial charge in [0.2, 0.25) is 0 Å². The fraction of sp³-hybridized carbons (Fsp3) is 0.450. The van der Waals surface area contributed by atoms with E-state index in [0.29, 0.717) is 6.54 Å². The maximum absolute atomic E-state index is 12.8. The Balaban J connectivity index is 1.45. The molecule has 0 radical (unpaired) electrons. The zero-order valence-corrected chi connectivity index (χ0v) is 15.6. The summed E-state index contributed by atoms with van der Waals surface area (Å²) in [7, 11) is 1.88. The minimum Gasteiger partial charge on any atom is -0.485 e. The molecule has 1 aromatic heterocycles. The summed E-state index contributed by atoms with van der Waals surface area (Å²) in [6, 6.07) is 10.2. The zero-order valence-electron chi connectivity index (χ0n) is 14.8. The largest absolute Gasteiger partial charge is 0.485 e. The van der Waals surface area contributed by atoms with Crippen LogP contribution in [0.5, 0.6) is 5.75 Å². The van der Waals surface area contributed by atoms with E-state index in [1.807, 2.05) is 30.1 Å². The Kier molecular flexibility index (Phi) is 4.42. The van der Waals surface area contributed by atoms with Crippen LogP contribution in [-0.2, 0) is 12.8 Å². The average molecular weight is 356 g/mol. The van der Waals surface area contributed by atoms with Gasteiger partial charge in [0.15, 0.2) is 0 Å². The van der Waals surface area contributed by atoms with E-state index >= 15 is 0 Å². The standard InChI is InChI=1S/C20H24N2O2S/c1-3-22-13-15(24-17-9-5-4-8-16(17)22)12-21(2)20(23)19-11-14-7-6-10-18(14)25-19/h4-5,8-9,11,15H,3,6-7,10,12-13H2,1-2H3. The zero-order chi connectivity index (χ0) is 17.4. The van der Waals surface area contributed by atoms with Crippen LogP contribution >= 0.6 is 11.3 Å². The first kappa shape index (κ1) is 16.5. The molecule has 2 aliphatic rings. The number of likely N-dealkylation sites (N-methyl/N-ethyl adjacent to an activating group) is 2. The average Bonchev–Trinajstić information content (AvgIpc) is 3.22. The van der Waals surface area contributed by atoms with Crippen molar-refractivity contribution in [1.82, 2.24) is 4.90 Å². The summed E-state index contributed by atoms with van der Waals surface area (Å²) in [6.45, 7) is 4.51. The van der Waals surface area contributed by atoms with Crippen molar-refractivity contribution in [2.24, 2.45) is 0 Å². The number of hydrogen-bond donors (Lipinski definition) is 0. The lowest BCUT2D eigenvalue weighted by Crippen LogP contribution is -2.46. The Morgan fingerprint density at radius 2 is 2.20 bits per heavy atom. The number of benzene rings is 1. The van der Waals surface area contributed by atoms with E-state index in [9.17, 15) is 4.79 Å². The van der Waals surface area contributed by atoms with E-state index in [-0.39, 0.29) is 12.0 Å². The number of para-hydroxylation sites is 2. The van der Waals surface area contributed by atoms with Crippen LogP contribution in [0.3, 0.4) is 0 Å². The van der Waals surface area contributed by atoms with Crippen LogP contribution in [0.15, 0.2) is 30.3 Å². The first-order valence-electron chi connectivity index (χ1n) is 9.03. The van der Waals surface area contributed by atoms with Crippen molar-refractivity contribution < 1.29 is 9.53 Å². The molecular weight excluding hydrogens is 332 g/mol. The SMILES string of the molecule is CCN1CC(CN(C)C(=O)c2cc3c(s2)CCC3)Oc2ccccc21. The predicted octanol–water partition coefficient (Wildman–Crippen LogP) is 3.60. The third kappa shape index (κ3) is 3.13. The van der Waals surface area contributed by atoms with E-state index < -0.39 is 0 Å². The molecule has 132 valence electrons. The van der Waals surface area contributed by atoms with Gasteiger partial charge in [0.1, 0.15) is 11.9 Å². The van der Waals surface area contributed by atoms with E-state index in [1.165, 1.54) is 16.9 Å². The number of carbonyl (C=O) groups is 1. The van der Waals surface area contributed by atoms with Gasteiger partial charge in [-0.15, -0.1) is 11.3 Å². The molecule has 1 atom stereocenters. The summed E-state index contributed by atoms with van der Waals surface area (Å²) in [6.07, 6.45) is 3.48. The molecule has 1 amide bonds. The second-order valence-electron chi connectivity index (χ2n) is 6.84. The molecule has 2 heterocycles. The highest BCUT2D eigenvalue weighted by Crippen LogP contribution is 2.34. The first-order chi connectivity index (χ1) is 12.2. The minimum atomic E-state index is -0.00407. The molecule has 0 fully saturated rings. The van der Waals surface area contributed by atoms with Gasteiger partial charge in [-0.2, -0.15) is 0 Å². The first-order valence-corrected chi connectivity index (χ1v) is 9.85. The highest BCUT2D eigenvalue weighted by atomic mass is 32.1. The molecule has 0 N–H and O–H groups in total. The topological polar surface area (TPSA) is 32.8 Å². The summed E-state index contributed by atoms with van der Waals surface area (Å²) >= 11 is 1.67. The highest BCUT2D eigenvalue weighted by Gasteiger charge is 2.28. The van der Waals surface area contributed by atoms with E-state index in [0.717, 1.165) is 42.2 Å². The van der Waals surface area contributed by atoms with E-state index in [1.54, 1.807) is 11.3 Å². The number of anilines is 1. The molecule has 0 saturated carbocycles. The van der Waals surface area contributed by atoms with Crippen LogP contribution in [0.1, 0.15) is 33.5 Å². The van der Waals surface area contributed by atoms with Gasteiger partial charge in [0.05, 0.1) is 23.7 Å².